The molecule has 0 aromatic heterocycles. The van der Waals surface area contributed by atoms with Crippen molar-refractivity contribution >= 4 is 5.97 Å². The van der Waals surface area contributed by atoms with Gasteiger partial charge in [-0.05, 0) is 26.5 Å². The summed E-state index contributed by atoms with van der Waals surface area (Å²) in [5.41, 5.74) is -0.585. The van der Waals surface area contributed by atoms with Crippen LogP contribution >= 0.6 is 0 Å². The molecule has 0 fully saturated rings. The summed E-state index contributed by atoms with van der Waals surface area (Å²) in [5, 5.41) is 9.22. The smallest absolute Gasteiger partial charge is 0.323 e. The topological polar surface area (TPSA) is 49.8 Å². The van der Waals surface area contributed by atoms with Crippen LogP contribution in [0, 0.1) is 5.82 Å². The molecule has 0 saturated carbocycles. The van der Waals surface area contributed by atoms with Gasteiger partial charge < -0.3 is 9.84 Å². The molecule has 4 nitrogen and oxygen atoms in total. The van der Waals surface area contributed by atoms with Crippen molar-refractivity contribution in [3.05, 3.63) is 29.6 Å². The second kappa shape index (κ2) is 6.02. The first-order valence-corrected chi connectivity index (χ1v) is 6.13. The van der Waals surface area contributed by atoms with E-state index in [4.69, 9.17) is 4.74 Å². The molecule has 0 radical (unpaired) electrons. The third-order valence-electron chi connectivity index (χ3n) is 3.32. The number of carbonyl (C=O) groups is 1. The van der Waals surface area contributed by atoms with Crippen LogP contribution in [0.2, 0.25) is 0 Å². The largest absolute Gasteiger partial charge is 0.497 e. The van der Waals surface area contributed by atoms with Gasteiger partial charge in [0.25, 0.3) is 0 Å². The van der Waals surface area contributed by atoms with E-state index in [0.29, 0.717) is 17.9 Å². The zero-order chi connectivity index (χ0) is 14.6. The van der Waals surface area contributed by atoms with Gasteiger partial charge in [-0.15, -0.1) is 0 Å². The zero-order valence-electron chi connectivity index (χ0n) is 11.7. The summed E-state index contributed by atoms with van der Waals surface area (Å²) in [4.78, 5) is 13.0. The number of carboxylic acid groups (broad SMARTS) is 1. The summed E-state index contributed by atoms with van der Waals surface area (Å²) in [5.74, 6) is -0.871. The van der Waals surface area contributed by atoms with E-state index in [2.05, 4.69) is 0 Å². The highest BCUT2D eigenvalue weighted by Crippen LogP contribution is 2.22. The summed E-state index contributed by atoms with van der Waals surface area (Å²) in [6.45, 7) is 5.84. The van der Waals surface area contributed by atoms with Crippen LogP contribution in [0.4, 0.5) is 4.39 Å². The van der Waals surface area contributed by atoms with E-state index in [-0.39, 0.29) is 12.4 Å². The number of halogens is 1. The number of hydrogen-bond acceptors (Lipinski definition) is 3. The summed E-state index contributed by atoms with van der Waals surface area (Å²) >= 11 is 0. The molecule has 106 valence electrons. The predicted octanol–water partition coefficient (Wildman–Crippen LogP) is 2.52. The third kappa shape index (κ3) is 3.44. The Morgan fingerprint density at radius 1 is 1.47 bits per heavy atom. The van der Waals surface area contributed by atoms with Gasteiger partial charge in [0.1, 0.15) is 17.1 Å². The molecule has 0 heterocycles. The number of aliphatic carboxylic acids is 1. The van der Waals surface area contributed by atoms with Crippen molar-refractivity contribution in [1.82, 2.24) is 4.90 Å². The molecule has 0 amide bonds. The van der Waals surface area contributed by atoms with Gasteiger partial charge in [-0.2, -0.15) is 0 Å². The van der Waals surface area contributed by atoms with Gasteiger partial charge in [0.05, 0.1) is 7.11 Å². The SMILES string of the molecule is CCN(Cc1ccc(OC)cc1F)C(C)(C)C(=O)O. The molecule has 0 unspecified atom stereocenters. The van der Waals surface area contributed by atoms with Crippen LogP contribution in [0.25, 0.3) is 0 Å². The highest BCUT2D eigenvalue weighted by Gasteiger charge is 2.33. The second-order valence-corrected chi connectivity index (χ2v) is 4.84. The Balaban J connectivity index is 2.96. The van der Waals surface area contributed by atoms with Gasteiger partial charge in [-0.25, -0.2) is 4.39 Å². The molecule has 1 aromatic carbocycles. The molecule has 0 aliphatic rings. The van der Waals surface area contributed by atoms with Crippen LogP contribution in [-0.4, -0.2) is 35.2 Å². The van der Waals surface area contributed by atoms with Gasteiger partial charge in [0, 0.05) is 18.2 Å². The van der Waals surface area contributed by atoms with Crippen LogP contribution in [0.15, 0.2) is 18.2 Å². The zero-order valence-corrected chi connectivity index (χ0v) is 11.7. The maximum absolute atomic E-state index is 13.9. The molecular weight excluding hydrogens is 249 g/mol. The van der Waals surface area contributed by atoms with Gasteiger partial charge in [0.15, 0.2) is 0 Å². The minimum Gasteiger partial charge on any atom is -0.497 e. The summed E-state index contributed by atoms with van der Waals surface area (Å²) < 4.78 is 18.8. The average Bonchev–Trinajstić information content (AvgIpc) is 2.36. The van der Waals surface area contributed by atoms with E-state index >= 15 is 0 Å². The molecule has 0 saturated heterocycles. The fourth-order valence-electron chi connectivity index (χ4n) is 1.83. The van der Waals surface area contributed by atoms with E-state index in [1.807, 2.05) is 6.92 Å². The molecule has 1 aromatic rings. The number of carboxylic acids is 1. The first-order valence-electron chi connectivity index (χ1n) is 6.13. The lowest BCUT2D eigenvalue weighted by molar-refractivity contribution is -0.149. The lowest BCUT2D eigenvalue weighted by Crippen LogP contribution is -2.49. The highest BCUT2D eigenvalue weighted by atomic mass is 19.1. The van der Waals surface area contributed by atoms with Gasteiger partial charge in [0.2, 0.25) is 0 Å². The molecular formula is C14H20FNO3. The molecule has 1 N–H and O–H groups in total. The van der Waals surface area contributed by atoms with E-state index in [9.17, 15) is 14.3 Å². The quantitative estimate of drug-likeness (QED) is 0.862. The molecule has 19 heavy (non-hydrogen) atoms. The molecule has 0 aliphatic heterocycles. The predicted molar refractivity (Wildman–Crippen MR) is 70.8 cm³/mol. The summed E-state index contributed by atoms with van der Waals surface area (Å²) in [7, 11) is 1.47. The van der Waals surface area contributed by atoms with Crippen molar-refractivity contribution in [2.24, 2.45) is 0 Å². The Bertz CT molecular complexity index is 460. The third-order valence-corrected chi connectivity index (χ3v) is 3.32. The molecule has 0 bridgehead atoms. The average molecular weight is 269 g/mol. The normalized spacial score (nSPS) is 11.7. The number of benzene rings is 1. The molecule has 0 aliphatic carbocycles. The molecule has 0 spiro atoms. The fraction of sp³-hybridized carbons (Fsp3) is 0.500. The number of likely N-dealkylation sites (N-methyl/N-ethyl adjacent to an activating group) is 1. The van der Waals surface area contributed by atoms with Gasteiger partial charge in [-0.1, -0.05) is 13.0 Å². The van der Waals surface area contributed by atoms with Crippen molar-refractivity contribution in [2.75, 3.05) is 13.7 Å². The number of ether oxygens (including phenoxy) is 1. The van der Waals surface area contributed by atoms with Crippen LogP contribution in [-0.2, 0) is 11.3 Å². The standard InChI is InChI=1S/C14H20FNO3/c1-5-16(14(2,3)13(17)18)9-10-6-7-11(19-4)8-12(10)15/h6-8H,5,9H2,1-4H3,(H,17,18). The molecule has 5 heteroatoms. The fourth-order valence-corrected chi connectivity index (χ4v) is 1.83. The Labute approximate surface area is 112 Å². The minimum atomic E-state index is -1.04. The highest BCUT2D eigenvalue weighted by molar-refractivity contribution is 5.77. The van der Waals surface area contributed by atoms with Crippen LogP contribution in [0.3, 0.4) is 0 Å². The second-order valence-electron chi connectivity index (χ2n) is 4.84. The van der Waals surface area contributed by atoms with E-state index in [0.717, 1.165) is 0 Å². The molecule has 0 atom stereocenters. The first-order chi connectivity index (χ1) is 8.82. The Kier molecular flexibility index (Phi) is 4.89. The Hall–Kier alpha value is -1.62. The lowest BCUT2D eigenvalue weighted by Gasteiger charge is -2.34. The van der Waals surface area contributed by atoms with Crippen molar-refractivity contribution in [3.8, 4) is 5.75 Å². The summed E-state index contributed by atoms with van der Waals surface area (Å²) in [6.07, 6.45) is 0. The van der Waals surface area contributed by atoms with E-state index in [1.165, 1.54) is 13.2 Å². The van der Waals surface area contributed by atoms with Crippen molar-refractivity contribution in [3.63, 3.8) is 0 Å². The molecule has 1 rings (SSSR count). The maximum Gasteiger partial charge on any atom is 0.323 e. The van der Waals surface area contributed by atoms with Crippen molar-refractivity contribution < 1.29 is 19.0 Å². The number of rotatable bonds is 6. The number of nitrogens with zero attached hydrogens (tertiary/aromatic N) is 1. The monoisotopic (exact) mass is 269 g/mol. The van der Waals surface area contributed by atoms with Gasteiger partial charge in [-0.3, -0.25) is 9.69 Å². The van der Waals surface area contributed by atoms with Crippen molar-refractivity contribution in [1.29, 1.82) is 0 Å². The Morgan fingerprint density at radius 2 is 2.11 bits per heavy atom. The number of hydrogen-bond donors (Lipinski definition) is 1. The first kappa shape index (κ1) is 15.4. The van der Waals surface area contributed by atoms with E-state index in [1.54, 1.807) is 30.9 Å². The number of methoxy groups -OCH3 is 1. The maximum atomic E-state index is 13.9. The summed E-state index contributed by atoms with van der Waals surface area (Å²) in [6, 6.07) is 4.59. The van der Waals surface area contributed by atoms with Crippen LogP contribution in [0.1, 0.15) is 26.3 Å². The lowest BCUT2D eigenvalue weighted by atomic mass is 10.0. The minimum absolute atomic E-state index is 0.242. The van der Waals surface area contributed by atoms with Crippen LogP contribution < -0.4 is 4.74 Å². The Morgan fingerprint density at radius 3 is 2.53 bits per heavy atom. The van der Waals surface area contributed by atoms with Crippen molar-refractivity contribution in [2.45, 2.75) is 32.9 Å². The van der Waals surface area contributed by atoms with Crippen LogP contribution in [0.5, 0.6) is 5.75 Å². The van der Waals surface area contributed by atoms with E-state index < -0.39 is 11.5 Å². The van der Waals surface area contributed by atoms with Gasteiger partial charge >= 0.3 is 5.97 Å².